The number of amides is 4. The van der Waals surface area contributed by atoms with Gasteiger partial charge in [-0.05, 0) is 31.0 Å². The number of unbranched alkanes of at least 4 members (excludes halogenated alkanes) is 2. The van der Waals surface area contributed by atoms with Crippen molar-refractivity contribution in [2.75, 3.05) is 25.5 Å². The van der Waals surface area contributed by atoms with Crippen molar-refractivity contribution in [2.24, 2.45) is 5.73 Å². The molecule has 0 fully saturated rings. The van der Waals surface area contributed by atoms with Crippen molar-refractivity contribution >= 4 is 35.1 Å². The second-order valence-corrected chi connectivity index (χ2v) is 6.50. The molecule has 7 nitrogen and oxygen atoms in total. The predicted octanol–water partition coefficient (Wildman–Crippen LogP) is 2.98. The Bertz CT molecular complexity index is 713. The fraction of sp³-hybridized carbons (Fsp3) is 0.471. The van der Waals surface area contributed by atoms with Gasteiger partial charge in [0.2, 0.25) is 11.8 Å². The summed E-state index contributed by atoms with van der Waals surface area (Å²) in [7, 11) is 1.43. The van der Waals surface area contributed by atoms with E-state index in [2.05, 4.69) is 10.6 Å². The molecule has 1 rings (SSSR count). The van der Waals surface area contributed by atoms with E-state index in [9.17, 15) is 27.6 Å². The molecule has 0 saturated heterocycles. The Morgan fingerprint density at radius 3 is 2.46 bits per heavy atom. The van der Waals surface area contributed by atoms with Crippen LogP contribution < -0.4 is 16.4 Å². The zero-order valence-electron chi connectivity index (χ0n) is 15.2. The number of rotatable bonds is 9. The van der Waals surface area contributed by atoms with Gasteiger partial charge in [-0.15, -0.1) is 0 Å². The number of alkyl halides is 3. The highest BCUT2D eigenvalue weighted by Crippen LogP contribution is 2.36. The van der Waals surface area contributed by atoms with Crippen molar-refractivity contribution < 1.29 is 27.6 Å². The molecule has 28 heavy (non-hydrogen) atoms. The average molecular weight is 423 g/mol. The number of benzene rings is 1. The van der Waals surface area contributed by atoms with Crippen molar-refractivity contribution in [2.45, 2.75) is 31.9 Å². The molecule has 0 bridgehead atoms. The third-order valence-corrected chi connectivity index (χ3v) is 4.06. The van der Waals surface area contributed by atoms with Gasteiger partial charge in [-0.1, -0.05) is 18.0 Å². The molecule has 0 atom stereocenters. The summed E-state index contributed by atoms with van der Waals surface area (Å²) in [5.41, 5.74) is 3.80. The Balaban J connectivity index is 2.44. The molecule has 1 aromatic rings. The molecule has 0 aliphatic carbocycles. The lowest BCUT2D eigenvalue weighted by Gasteiger charge is -2.17. The van der Waals surface area contributed by atoms with Crippen molar-refractivity contribution in [1.82, 2.24) is 10.2 Å². The Labute approximate surface area is 165 Å². The minimum Gasteiger partial charge on any atom is -0.352 e. The summed E-state index contributed by atoms with van der Waals surface area (Å²) in [6.07, 6.45) is -2.51. The molecule has 0 aliphatic heterocycles. The molecule has 4 amide bonds. The second kappa shape index (κ2) is 10.7. The number of halogens is 4. The predicted molar refractivity (Wildman–Crippen MR) is 98.8 cm³/mol. The molecule has 11 heteroatoms. The van der Waals surface area contributed by atoms with Crippen LogP contribution >= 0.6 is 11.6 Å². The lowest BCUT2D eigenvalue weighted by atomic mass is 10.2. The van der Waals surface area contributed by atoms with E-state index in [1.54, 1.807) is 0 Å². The molecule has 4 N–H and O–H groups in total. The summed E-state index contributed by atoms with van der Waals surface area (Å²) in [6, 6.07) is 2.42. The fourth-order valence-electron chi connectivity index (χ4n) is 2.30. The summed E-state index contributed by atoms with van der Waals surface area (Å²) in [5.74, 6) is -0.901. The molecule has 0 aromatic heterocycles. The topological polar surface area (TPSA) is 105 Å². The molecule has 0 radical (unpaired) electrons. The van der Waals surface area contributed by atoms with Crippen LogP contribution in [0.15, 0.2) is 18.2 Å². The van der Waals surface area contributed by atoms with Crippen LogP contribution in [-0.4, -0.2) is 42.9 Å². The van der Waals surface area contributed by atoms with Crippen molar-refractivity contribution in [1.29, 1.82) is 0 Å². The van der Waals surface area contributed by atoms with Gasteiger partial charge in [0.15, 0.2) is 0 Å². The second-order valence-electron chi connectivity index (χ2n) is 6.09. The first-order valence-electron chi connectivity index (χ1n) is 8.44. The first-order valence-corrected chi connectivity index (χ1v) is 8.82. The number of hydrogen-bond acceptors (Lipinski definition) is 3. The van der Waals surface area contributed by atoms with Crippen molar-refractivity contribution in [3.05, 3.63) is 28.8 Å². The van der Waals surface area contributed by atoms with E-state index < -0.39 is 28.7 Å². The van der Waals surface area contributed by atoms with Crippen molar-refractivity contribution in [3.8, 4) is 0 Å². The number of nitrogens with one attached hydrogen (secondary N) is 2. The van der Waals surface area contributed by atoms with Gasteiger partial charge in [-0.2, -0.15) is 13.2 Å². The van der Waals surface area contributed by atoms with Gasteiger partial charge in [-0.25, -0.2) is 4.79 Å². The summed E-state index contributed by atoms with van der Waals surface area (Å²) in [5, 5.41) is 4.28. The van der Waals surface area contributed by atoms with Gasteiger partial charge in [0.25, 0.3) is 0 Å². The first-order chi connectivity index (χ1) is 13.0. The van der Waals surface area contributed by atoms with Crippen LogP contribution in [0.5, 0.6) is 0 Å². The third kappa shape index (κ3) is 8.47. The number of hydrogen-bond donors (Lipinski definition) is 3. The van der Waals surface area contributed by atoms with Crippen LogP contribution in [0.4, 0.5) is 23.7 Å². The Kier molecular flexibility index (Phi) is 9.04. The lowest BCUT2D eigenvalue weighted by Crippen LogP contribution is -2.34. The molecule has 0 aliphatic rings. The van der Waals surface area contributed by atoms with Gasteiger partial charge in [0, 0.05) is 25.7 Å². The molecular weight excluding hydrogens is 401 g/mol. The number of urea groups is 1. The van der Waals surface area contributed by atoms with Crippen LogP contribution in [0, 0.1) is 0 Å². The maximum Gasteiger partial charge on any atom is 0.417 e. The van der Waals surface area contributed by atoms with E-state index in [4.69, 9.17) is 17.3 Å². The Morgan fingerprint density at radius 2 is 1.86 bits per heavy atom. The summed E-state index contributed by atoms with van der Waals surface area (Å²) < 4.78 is 38.5. The molecular formula is C17H22ClF3N4O3. The molecule has 156 valence electrons. The van der Waals surface area contributed by atoms with E-state index >= 15 is 0 Å². The number of anilines is 1. The van der Waals surface area contributed by atoms with E-state index in [1.165, 1.54) is 18.0 Å². The van der Waals surface area contributed by atoms with Gasteiger partial charge in [-0.3, -0.25) is 9.59 Å². The highest BCUT2D eigenvalue weighted by atomic mass is 35.5. The Morgan fingerprint density at radius 1 is 1.18 bits per heavy atom. The fourth-order valence-corrected chi connectivity index (χ4v) is 2.53. The van der Waals surface area contributed by atoms with Gasteiger partial charge >= 0.3 is 12.2 Å². The zero-order valence-corrected chi connectivity index (χ0v) is 16.0. The quantitative estimate of drug-likeness (QED) is 0.533. The van der Waals surface area contributed by atoms with E-state index in [-0.39, 0.29) is 24.6 Å². The summed E-state index contributed by atoms with van der Waals surface area (Å²) in [4.78, 5) is 35.7. The minimum absolute atomic E-state index is 0.0653. The van der Waals surface area contributed by atoms with Gasteiger partial charge < -0.3 is 21.3 Å². The van der Waals surface area contributed by atoms with E-state index in [1.807, 2.05) is 0 Å². The standard InChI is InChI=1S/C17H22ClF3N4O3/c1-25(15(27)5-3-2-4-8-23-16(22)28)10-14(26)24-11-6-7-13(18)12(9-11)17(19,20)21/h6-7,9H,2-5,8,10H2,1H3,(H,24,26)(H3,22,23,28). The van der Waals surface area contributed by atoms with E-state index in [0.717, 1.165) is 12.1 Å². The number of carbonyl (C=O) groups excluding carboxylic acids is 3. The Hall–Kier alpha value is -2.49. The number of primary amides is 1. The number of nitrogens with two attached hydrogens (primary N) is 1. The van der Waals surface area contributed by atoms with Crippen LogP contribution in [0.3, 0.4) is 0 Å². The van der Waals surface area contributed by atoms with Crippen LogP contribution in [0.25, 0.3) is 0 Å². The van der Waals surface area contributed by atoms with Gasteiger partial charge in [0.05, 0.1) is 17.1 Å². The number of nitrogens with zero attached hydrogens (tertiary/aromatic N) is 1. The summed E-state index contributed by atoms with van der Waals surface area (Å²) in [6.45, 7) is 0.120. The monoisotopic (exact) mass is 422 g/mol. The molecule has 0 spiro atoms. The zero-order chi connectivity index (χ0) is 21.3. The molecule has 1 aromatic carbocycles. The van der Waals surface area contributed by atoms with E-state index in [0.29, 0.717) is 25.8 Å². The average Bonchev–Trinajstić information content (AvgIpc) is 2.58. The van der Waals surface area contributed by atoms with Crippen LogP contribution in [0.1, 0.15) is 31.2 Å². The maximum atomic E-state index is 12.8. The third-order valence-electron chi connectivity index (χ3n) is 3.73. The SMILES string of the molecule is CN(CC(=O)Nc1ccc(Cl)c(C(F)(F)F)c1)C(=O)CCCCCNC(N)=O. The number of carbonyl (C=O) groups is 3. The smallest absolute Gasteiger partial charge is 0.352 e. The van der Waals surface area contributed by atoms with Crippen LogP contribution in [-0.2, 0) is 15.8 Å². The molecule has 0 saturated carbocycles. The highest BCUT2D eigenvalue weighted by molar-refractivity contribution is 6.31. The van der Waals surface area contributed by atoms with Crippen molar-refractivity contribution in [3.63, 3.8) is 0 Å². The lowest BCUT2D eigenvalue weighted by molar-refractivity contribution is -0.137. The highest BCUT2D eigenvalue weighted by Gasteiger charge is 2.33. The number of likely N-dealkylation sites (N-methyl/N-ethyl adjacent to an activating group) is 1. The van der Waals surface area contributed by atoms with Crippen LogP contribution in [0.2, 0.25) is 5.02 Å². The normalized spacial score (nSPS) is 11.0. The maximum absolute atomic E-state index is 12.8. The molecule has 0 heterocycles. The van der Waals surface area contributed by atoms with Gasteiger partial charge in [0.1, 0.15) is 0 Å². The largest absolute Gasteiger partial charge is 0.417 e. The first kappa shape index (κ1) is 23.5. The molecule has 0 unspecified atom stereocenters. The summed E-state index contributed by atoms with van der Waals surface area (Å²) >= 11 is 5.53. The minimum atomic E-state index is -4.64.